The summed E-state index contributed by atoms with van der Waals surface area (Å²) in [5.74, 6) is 0.00747. The number of ether oxygens (including phenoxy) is 2. The van der Waals surface area contributed by atoms with Crippen molar-refractivity contribution in [2.24, 2.45) is 0 Å². The van der Waals surface area contributed by atoms with Crippen LogP contribution in [-0.4, -0.2) is 31.1 Å². The van der Waals surface area contributed by atoms with E-state index in [1.807, 2.05) is 25.1 Å². The Kier molecular flexibility index (Phi) is 7.22. The van der Waals surface area contributed by atoms with Gasteiger partial charge in [-0.3, -0.25) is 9.59 Å². The zero-order valence-electron chi connectivity index (χ0n) is 12.4. The average Bonchev–Trinajstić information content (AvgIpc) is 2.42. The Bertz CT molecular complexity index is 504. The highest BCUT2D eigenvalue weighted by atomic mass is 79.9. The van der Waals surface area contributed by atoms with Crippen molar-refractivity contribution in [1.82, 2.24) is 5.32 Å². The van der Waals surface area contributed by atoms with Gasteiger partial charge in [0.2, 0.25) is 0 Å². The van der Waals surface area contributed by atoms with Gasteiger partial charge >= 0.3 is 5.97 Å². The van der Waals surface area contributed by atoms with E-state index in [0.29, 0.717) is 12.4 Å². The topological polar surface area (TPSA) is 64.6 Å². The van der Waals surface area contributed by atoms with Crippen LogP contribution in [0.3, 0.4) is 0 Å². The van der Waals surface area contributed by atoms with Crippen LogP contribution in [0.1, 0.15) is 25.8 Å². The number of amides is 1. The molecule has 6 heteroatoms. The lowest BCUT2D eigenvalue weighted by Gasteiger charge is -2.16. The third kappa shape index (κ3) is 6.16. The Morgan fingerprint density at radius 1 is 1.38 bits per heavy atom. The van der Waals surface area contributed by atoms with E-state index < -0.39 is 6.10 Å². The van der Waals surface area contributed by atoms with Gasteiger partial charge in [-0.15, -0.1) is 0 Å². The van der Waals surface area contributed by atoms with Gasteiger partial charge in [0.15, 0.2) is 6.10 Å². The summed E-state index contributed by atoms with van der Waals surface area (Å²) in [4.78, 5) is 23.0. The predicted molar refractivity (Wildman–Crippen MR) is 83.2 cm³/mol. The van der Waals surface area contributed by atoms with Crippen LogP contribution in [0.5, 0.6) is 5.75 Å². The van der Waals surface area contributed by atoms with Gasteiger partial charge in [-0.1, -0.05) is 6.07 Å². The molecule has 0 saturated heterocycles. The summed E-state index contributed by atoms with van der Waals surface area (Å²) >= 11 is 3.40. The van der Waals surface area contributed by atoms with Gasteiger partial charge in [-0.25, -0.2) is 0 Å². The molecule has 0 aliphatic rings. The number of halogens is 1. The summed E-state index contributed by atoms with van der Waals surface area (Å²) < 4.78 is 11.2. The maximum Gasteiger partial charge on any atom is 0.307 e. The first kappa shape index (κ1) is 17.5. The molecule has 1 aromatic rings. The summed E-state index contributed by atoms with van der Waals surface area (Å²) in [6, 6.07) is 5.63. The predicted octanol–water partition coefficient (Wildman–Crippen LogP) is 2.59. The van der Waals surface area contributed by atoms with Crippen LogP contribution in [0.15, 0.2) is 22.7 Å². The van der Waals surface area contributed by atoms with E-state index in [4.69, 9.17) is 9.47 Å². The molecule has 1 amide bonds. The third-order valence-corrected chi connectivity index (χ3v) is 3.31. The molecule has 1 rings (SSSR count). The largest absolute Gasteiger partial charge is 0.480 e. The molecule has 21 heavy (non-hydrogen) atoms. The minimum Gasteiger partial charge on any atom is -0.480 e. The number of benzene rings is 1. The highest BCUT2D eigenvalue weighted by molar-refractivity contribution is 9.10. The lowest BCUT2D eigenvalue weighted by atomic mass is 10.2. The molecule has 116 valence electrons. The first-order valence-electron chi connectivity index (χ1n) is 6.80. The monoisotopic (exact) mass is 357 g/mol. The minimum atomic E-state index is -0.647. The van der Waals surface area contributed by atoms with Crippen molar-refractivity contribution in [3.05, 3.63) is 28.2 Å². The second-order valence-corrected chi connectivity index (χ2v) is 5.39. The molecule has 5 nitrogen and oxygen atoms in total. The standard InChI is InChI=1S/C15H20BrNO4/c1-4-20-14(18)7-8-17-15(19)11(3)21-13-6-5-10(2)9-12(13)16/h5-6,9,11H,4,7-8H2,1-3H3,(H,17,19). The van der Waals surface area contributed by atoms with Gasteiger partial charge < -0.3 is 14.8 Å². The molecule has 0 aliphatic carbocycles. The molecular formula is C15H20BrNO4. The van der Waals surface area contributed by atoms with Crippen molar-refractivity contribution in [2.45, 2.75) is 33.3 Å². The lowest BCUT2D eigenvalue weighted by molar-refractivity contribution is -0.143. The molecule has 0 radical (unpaired) electrons. The van der Waals surface area contributed by atoms with E-state index in [0.717, 1.165) is 10.0 Å². The highest BCUT2D eigenvalue weighted by Gasteiger charge is 2.16. The van der Waals surface area contributed by atoms with Gasteiger partial charge in [-0.05, 0) is 54.4 Å². The van der Waals surface area contributed by atoms with Crippen molar-refractivity contribution >= 4 is 27.8 Å². The normalized spacial score (nSPS) is 11.6. The first-order chi connectivity index (χ1) is 9.93. The fraction of sp³-hybridized carbons (Fsp3) is 0.467. The number of carbonyl (C=O) groups is 2. The first-order valence-corrected chi connectivity index (χ1v) is 7.59. The second kappa shape index (κ2) is 8.67. The fourth-order valence-corrected chi connectivity index (χ4v) is 2.20. The quantitative estimate of drug-likeness (QED) is 0.761. The Morgan fingerprint density at radius 2 is 2.10 bits per heavy atom. The second-order valence-electron chi connectivity index (χ2n) is 4.54. The summed E-state index contributed by atoms with van der Waals surface area (Å²) in [6.45, 7) is 5.95. The number of nitrogens with one attached hydrogen (secondary N) is 1. The Labute approximate surface area is 133 Å². The number of hydrogen-bond donors (Lipinski definition) is 1. The van der Waals surface area contributed by atoms with Crippen molar-refractivity contribution in [1.29, 1.82) is 0 Å². The van der Waals surface area contributed by atoms with E-state index in [1.54, 1.807) is 13.8 Å². The van der Waals surface area contributed by atoms with Crippen LogP contribution >= 0.6 is 15.9 Å². The van der Waals surface area contributed by atoms with Crippen LogP contribution in [0, 0.1) is 6.92 Å². The number of esters is 1. The highest BCUT2D eigenvalue weighted by Crippen LogP contribution is 2.26. The van der Waals surface area contributed by atoms with Crippen LogP contribution in [-0.2, 0) is 14.3 Å². The summed E-state index contributed by atoms with van der Waals surface area (Å²) in [5.41, 5.74) is 1.10. The summed E-state index contributed by atoms with van der Waals surface area (Å²) in [7, 11) is 0. The number of rotatable bonds is 7. The van der Waals surface area contributed by atoms with Crippen LogP contribution in [0.2, 0.25) is 0 Å². The summed E-state index contributed by atoms with van der Waals surface area (Å²) in [6.07, 6.45) is -0.494. The Hall–Kier alpha value is -1.56. The minimum absolute atomic E-state index is 0.153. The van der Waals surface area contributed by atoms with E-state index >= 15 is 0 Å². The molecule has 1 atom stereocenters. The molecule has 0 aromatic heterocycles. The molecule has 0 spiro atoms. The molecule has 0 saturated carbocycles. The molecule has 1 unspecified atom stereocenters. The van der Waals surface area contributed by atoms with Gasteiger partial charge in [0.25, 0.3) is 5.91 Å². The SMILES string of the molecule is CCOC(=O)CCNC(=O)C(C)Oc1ccc(C)cc1Br. The zero-order chi connectivity index (χ0) is 15.8. The molecule has 1 N–H and O–H groups in total. The van der Waals surface area contributed by atoms with Crippen LogP contribution in [0.4, 0.5) is 0 Å². The van der Waals surface area contributed by atoms with Gasteiger partial charge in [0.05, 0.1) is 17.5 Å². The van der Waals surface area contributed by atoms with Crippen molar-refractivity contribution in [2.75, 3.05) is 13.2 Å². The fourth-order valence-electron chi connectivity index (χ4n) is 1.61. The Balaban J connectivity index is 2.42. The zero-order valence-corrected chi connectivity index (χ0v) is 14.0. The maximum absolute atomic E-state index is 11.9. The van der Waals surface area contributed by atoms with Crippen molar-refractivity contribution in [3.63, 3.8) is 0 Å². The molecule has 0 bridgehead atoms. The Morgan fingerprint density at radius 3 is 2.71 bits per heavy atom. The summed E-state index contributed by atoms with van der Waals surface area (Å²) in [5, 5.41) is 2.64. The van der Waals surface area contributed by atoms with E-state index in [-0.39, 0.29) is 24.8 Å². The molecular weight excluding hydrogens is 338 g/mol. The van der Waals surface area contributed by atoms with E-state index in [2.05, 4.69) is 21.2 Å². The van der Waals surface area contributed by atoms with Gasteiger partial charge in [0.1, 0.15) is 5.75 Å². The number of carbonyl (C=O) groups excluding carboxylic acids is 2. The molecule has 1 aromatic carbocycles. The van der Waals surface area contributed by atoms with Crippen LogP contribution in [0.25, 0.3) is 0 Å². The van der Waals surface area contributed by atoms with Gasteiger partial charge in [-0.2, -0.15) is 0 Å². The molecule has 0 heterocycles. The van der Waals surface area contributed by atoms with Gasteiger partial charge in [0, 0.05) is 6.54 Å². The smallest absolute Gasteiger partial charge is 0.307 e. The molecule has 0 fully saturated rings. The van der Waals surface area contributed by atoms with Crippen molar-refractivity contribution in [3.8, 4) is 5.75 Å². The van der Waals surface area contributed by atoms with Crippen molar-refractivity contribution < 1.29 is 19.1 Å². The van der Waals surface area contributed by atoms with E-state index in [1.165, 1.54) is 0 Å². The molecule has 0 aliphatic heterocycles. The lowest BCUT2D eigenvalue weighted by Crippen LogP contribution is -2.37. The third-order valence-electron chi connectivity index (χ3n) is 2.69. The maximum atomic E-state index is 11.9. The van der Waals surface area contributed by atoms with Crippen LogP contribution < -0.4 is 10.1 Å². The number of hydrogen-bond acceptors (Lipinski definition) is 4. The van der Waals surface area contributed by atoms with E-state index in [9.17, 15) is 9.59 Å². The average molecular weight is 358 g/mol. The number of aryl methyl sites for hydroxylation is 1.